The standard InChI is InChI=1S/C10H11N3O2/c1-6-7(3-2-4-11-6)12-8-5-9(14)13-10(8)15/h2-4,8,12H,5H2,1H3,(H,13,14,15). The maximum atomic E-state index is 11.3. The van der Waals surface area contributed by atoms with Crippen molar-refractivity contribution >= 4 is 17.5 Å². The van der Waals surface area contributed by atoms with Crippen LogP contribution in [0, 0.1) is 6.92 Å². The van der Waals surface area contributed by atoms with Gasteiger partial charge in [-0.3, -0.25) is 19.9 Å². The molecule has 1 aliphatic rings. The highest BCUT2D eigenvalue weighted by molar-refractivity contribution is 6.06. The number of imide groups is 1. The maximum absolute atomic E-state index is 11.3. The Labute approximate surface area is 86.9 Å². The minimum Gasteiger partial charge on any atom is -0.372 e. The summed E-state index contributed by atoms with van der Waals surface area (Å²) in [5, 5.41) is 5.24. The highest BCUT2D eigenvalue weighted by Crippen LogP contribution is 2.15. The number of nitrogens with zero attached hydrogens (tertiary/aromatic N) is 1. The van der Waals surface area contributed by atoms with Crippen molar-refractivity contribution in [1.82, 2.24) is 10.3 Å². The summed E-state index contributed by atoms with van der Waals surface area (Å²) in [5.41, 5.74) is 1.59. The summed E-state index contributed by atoms with van der Waals surface area (Å²) in [7, 11) is 0. The van der Waals surface area contributed by atoms with E-state index in [4.69, 9.17) is 0 Å². The summed E-state index contributed by atoms with van der Waals surface area (Å²) in [5.74, 6) is -0.512. The van der Waals surface area contributed by atoms with Crippen molar-refractivity contribution in [2.75, 3.05) is 5.32 Å². The van der Waals surface area contributed by atoms with Crippen molar-refractivity contribution in [2.45, 2.75) is 19.4 Å². The largest absolute Gasteiger partial charge is 0.372 e. The minimum atomic E-state index is -0.472. The second kappa shape index (κ2) is 3.68. The summed E-state index contributed by atoms with van der Waals surface area (Å²) in [4.78, 5) is 26.3. The Kier molecular flexibility index (Phi) is 2.37. The van der Waals surface area contributed by atoms with E-state index in [0.717, 1.165) is 11.4 Å². The summed E-state index contributed by atoms with van der Waals surface area (Å²) in [6.45, 7) is 1.84. The molecule has 78 valence electrons. The molecular formula is C10H11N3O2. The summed E-state index contributed by atoms with van der Waals surface area (Å²) in [6.07, 6.45) is 1.87. The molecule has 1 aromatic rings. The second-order valence-corrected chi connectivity index (χ2v) is 3.45. The number of aryl methyl sites for hydroxylation is 1. The number of hydrogen-bond acceptors (Lipinski definition) is 4. The van der Waals surface area contributed by atoms with Gasteiger partial charge in [0.2, 0.25) is 11.8 Å². The van der Waals surface area contributed by atoms with Crippen LogP contribution in [0.2, 0.25) is 0 Å². The van der Waals surface area contributed by atoms with E-state index >= 15 is 0 Å². The molecule has 1 unspecified atom stereocenters. The van der Waals surface area contributed by atoms with Crippen LogP contribution in [0.4, 0.5) is 5.69 Å². The van der Waals surface area contributed by atoms with E-state index in [-0.39, 0.29) is 18.2 Å². The van der Waals surface area contributed by atoms with Crippen LogP contribution in [0.25, 0.3) is 0 Å². The number of pyridine rings is 1. The van der Waals surface area contributed by atoms with Crippen LogP contribution in [0.1, 0.15) is 12.1 Å². The minimum absolute atomic E-state index is 0.188. The molecule has 2 N–H and O–H groups in total. The van der Waals surface area contributed by atoms with E-state index in [1.165, 1.54) is 0 Å². The molecule has 1 saturated heterocycles. The third-order valence-corrected chi connectivity index (χ3v) is 2.31. The van der Waals surface area contributed by atoms with Crippen LogP contribution in [0.3, 0.4) is 0 Å². The van der Waals surface area contributed by atoms with Gasteiger partial charge in [0.1, 0.15) is 6.04 Å². The maximum Gasteiger partial charge on any atom is 0.249 e. The predicted octanol–water partition coefficient (Wildman–Crippen LogP) is 0.217. The quantitative estimate of drug-likeness (QED) is 0.677. The van der Waals surface area contributed by atoms with Crippen LogP contribution in [-0.4, -0.2) is 22.8 Å². The fourth-order valence-corrected chi connectivity index (χ4v) is 1.49. The molecule has 2 rings (SSSR count). The molecule has 1 aromatic heterocycles. The predicted molar refractivity (Wildman–Crippen MR) is 54.2 cm³/mol. The molecule has 1 aliphatic heterocycles. The molecule has 15 heavy (non-hydrogen) atoms. The first-order valence-electron chi connectivity index (χ1n) is 4.68. The number of aromatic nitrogens is 1. The second-order valence-electron chi connectivity index (χ2n) is 3.45. The van der Waals surface area contributed by atoms with E-state index in [1.807, 2.05) is 13.0 Å². The van der Waals surface area contributed by atoms with Crippen LogP contribution in [0.5, 0.6) is 0 Å². The van der Waals surface area contributed by atoms with Crippen molar-refractivity contribution in [3.05, 3.63) is 24.0 Å². The molecule has 0 radical (unpaired) electrons. The molecule has 5 heteroatoms. The first-order valence-corrected chi connectivity index (χ1v) is 4.68. The highest BCUT2D eigenvalue weighted by Gasteiger charge is 2.30. The van der Waals surface area contributed by atoms with Gasteiger partial charge in [-0.25, -0.2) is 0 Å². The fraction of sp³-hybridized carbons (Fsp3) is 0.300. The Bertz CT molecular complexity index is 417. The molecule has 2 amide bonds. The number of amides is 2. The summed E-state index contributed by atoms with van der Waals surface area (Å²) in [6, 6.07) is 3.14. The van der Waals surface area contributed by atoms with Crippen LogP contribution in [0.15, 0.2) is 18.3 Å². The Morgan fingerprint density at radius 2 is 2.33 bits per heavy atom. The normalized spacial score (nSPS) is 20.2. The van der Waals surface area contributed by atoms with E-state index in [1.54, 1.807) is 12.3 Å². The lowest BCUT2D eigenvalue weighted by molar-refractivity contribution is -0.124. The average molecular weight is 205 g/mol. The number of anilines is 1. The first-order chi connectivity index (χ1) is 7.16. The molecule has 1 fully saturated rings. The van der Waals surface area contributed by atoms with Crippen molar-refractivity contribution < 1.29 is 9.59 Å². The van der Waals surface area contributed by atoms with E-state index in [9.17, 15) is 9.59 Å². The van der Waals surface area contributed by atoms with Gasteiger partial charge >= 0.3 is 0 Å². The Morgan fingerprint density at radius 1 is 1.53 bits per heavy atom. The van der Waals surface area contributed by atoms with Gasteiger partial charge in [-0.15, -0.1) is 0 Å². The van der Waals surface area contributed by atoms with Gasteiger partial charge in [-0.05, 0) is 19.1 Å². The zero-order valence-corrected chi connectivity index (χ0v) is 8.28. The molecule has 0 saturated carbocycles. The zero-order valence-electron chi connectivity index (χ0n) is 8.28. The number of carbonyl (C=O) groups excluding carboxylic acids is 2. The van der Waals surface area contributed by atoms with Gasteiger partial charge in [0.25, 0.3) is 0 Å². The van der Waals surface area contributed by atoms with Crippen molar-refractivity contribution in [1.29, 1.82) is 0 Å². The first kappa shape index (κ1) is 9.64. The Balaban J connectivity index is 2.13. The van der Waals surface area contributed by atoms with Crippen molar-refractivity contribution in [3.63, 3.8) is 0 Å². The van der Waals surface area contributed by atoms with Crippen LogP contribution in [-0.2, 0) is 9.59 Å². The van der Waals surface area contributed by atoms with Gasteiger partial charge < -0.3 is 5.32 Å². The van der Waals surface area contributed by atoms with Gasteiger partial charge in [0.05, 0.1) is 17.8 Å². The molecule has 1 atom stereocenters. The third-order valence-electron chi connectivity index (χ3n) is 2.31. The summed E-state index contributed by atoms with van der Waals surface area (Å²) >= 11 is 0. The summed E-state index contributed by atoms with van der Waals surface area (Å²) < 4.78 is 0. The number of carbonyl (C=O) groups is 2. The number of rotatable bonds is 2. The fourth-order valence-electron chi connectivity index (χ4n) is 1.49. The highest BCUT2D eigenvalue weighted by atomic mass is 16.2. The lowest BCUT2D eigenvalue weighted by Crippen LogP contribution is -2.30. The molecule has 0 aromatic carbocycles. The smallest absolute Gasteiger partial charge is 0.249 e. The van der Waals surface area contributed by atoms with Crippen molar-refractivity contribution in [3.8, 4) is 0 Å². The van der Waals surface area contributed by atoms with Crippen LogP contribution >= 0.6 is 0 Å². The third kappa shape index (κ3) is 1.96. The molecule has 0 spiro atoms. The van der Waals surface area contributed by atoms with Crippen molar-refractivity contribution in [2.24, 2.45) is 0 Å². The lowest BCUT2D eigenvalue weighted by atomic mass is 10.2. The topological polar surface area (TPSA) is 71.1 Å². The molecule has 2 heterocycles. The van der Waals surface area contributed by atoms with Gasteiger partial charge in [0.15, 0.2) is 0 Å². The number of nitrogens with one attached hydrogen (secondary N) is 2. The van der Waals surface area contributed by atoms with Gasteiger partial charge in [-0.2, -0.15) is 0 Å². The Morgan fingerprint density at radius 3 is 2.93 bits per heavy atom. The number of hydrogen-bond donors (Lipinski definition) is 2. The molecule has 0 aliphatic carbocycles. The van der Waals surface area contributed by atoms with E-state index < -0.39 is 6.04 Å². The van der Waals surface area contributed by atoms with Crippen LogP contribution < -0.4 is 10.6 Å². The molecule has 5 nitrogen and oxygen atoms in total. The molecule has 0 bridgehead atoms. The zero-order chi connectivity index (χ0) is 10.8. The average Bonchev–Trinajstić information content (AvgIpc) is 2.49. The van der Waals surface area contributed by atoms with E-state index in [2.05, 4.69) is 15.6 Å². The van der Waals surface area contributed by atoms with E-state index in [0.29, 0.717) is 0 Å². The van der Waals surface area contributed by atoms with Gasteiger partial charge in [-0.1, -0.05) is 0 Å². The molecular weight excluding hydrogens is 194 g/mol. The SMILES string of the molecule is Cc1ncccc1NC1CC(=O)NC1=O. The lowest BCUT2D eigenvalue weighted by Gasteiger charge is -2.11. The monoisotopic (exact) mass is 205 g/mol. The van der Waals surface area contributed by atoms with Gasteiger partial charge in [0, 0.05) is 6.20 Å². The Hall–Kier alpha value is -1.91.